The smallest absolute Gasteiger partial charge is 0.248 e. The molecule has 2 heterocycles. The first-order chi connectivity index (χ1) is 17.2. The Morgan fingerprint density at radius 2 is 1.71 bits per heavy atom. The van der Waals surface area contributed by atoms with Crippen molar-refractivity contribution in [1.29, 1.82) is 0 Å². The number of para-hydroxylation sites is 2. The first-order valence-electron chi connectivity index (χ1n) is 11.8. The maximum absolute atomic E-state index is 12.7. The lowest BCUT2D eigenvalue weighted by atomic mass is 10.1. The monoisotopic (exact) mass is 472 g/mol. The number of carbonyl (C=O) groups excluding carboxylic acids is 1. The molecule has 1 aromatic heterocycles. The molecule has 1 N–H and O–H groups in total. The number of benzene rings is 2. The van der Waals surface area contributed by atoms with Crippen molar-refractivity contribution in [3.8, 4) is 11.5 Å². The summed E-state index contributed by atoms with van der Waals surface area (Å²) in [5, 5.41) is 3.04. The quantitative estimate of drug-likeness (QED) is 0.473. The highest BCUT2D eigenvalue weighted by Gasteiger charge is 2.19. The fraction of sp³-hybridized carbons (Fsp3) is 0.286. The van der Waals surface area contributed by atoms with Gasteiger partial charge in [0.15, 0.2) is 11.5 Å². The largest absolute Gasteiger partial charge is 0.493 e. The highest BCUT2D eigenvalue weighted by Crippen LogP contribution is 2.29. The lowest BCUT2D eigenvalue weighted by molar-refractivity contribution is -0.111. The summed E-state index contributed by atoms with van der Waals surface area (Å²) in [6, 6.07) is 17.7. The molecule has 0 spiro atoms. The minimum Gasteiger partial charge on any atom is -0.493 e. The third-order valence-electron chi connectivity index (χ3n) is 6.18. The molecule has 0 bridgehead atoms. The zero-order valence-corrected chi connectivity index (χ0v) is 20.3. The van der Waals surface area contributed by atoms with Gasteiger partial charge in [-0.2, -0.15) is 0 Å². The Morgan fingerprint density at radius 1 is 0.971 bits per heavy atom. The molecule has 7 nitrogen and oxygen atoms in total. The number of hydrogen-bond donors (Lipinski definition) is 1. The number of aromatic nitrogens is 1. The Balaban J connectivity index is 1.33. The van der Waals surface area contributed by atoms with E-state index in [1.807, 2.05) is 48.8 Å². The predicted octanol–water partition coefficient (Wildman–Crippen LogP) is 4.12. The van der Waals surface area contributed by atoms with Crippen LogP contribution in [-0.2, 0) is 11.2 Å². The fourth-order valence-corrected chi connectivity index (χ4v) is 4.21. The molecule has 4 rings (SSSR count). The predicted molar refractivity (Wildman–Crippen MR) is 140 cm³/mol. The van der Waals surface area contributed by atoms with Gasteiger partial charge in [-0.3, -0.25) is 14.7 Å². The Hall–Kier alpha value is -3.84. The second kappa shape index (κ2) is 12.0. The SMILES string of the molecule is COc1ccc(/C=C/C(=O)Nc2ccccc2N2CCN(CCc3ccncc3)CC2)cc1OC. The van der Waals surface area contributed by atoms with E-state index in [4.69, 9.17) is 9.47 Å². The average molecular weight is 473 g/mol. The topological polar surface area (TPSA) is 66.9 Å². The van der Waals surface area contributed by atoms with E-state index in [0.29, 0.717) is 11.5 Å². The van der Waals surface area contributed by atoms with Gasteiger partial charge in [-0.05, 0) is 60.0 Å². The van der Waals surface area contributed by atoms with E-state index >= 15 is 0 Å². The number of methoxy groups -OCH3 is 2. The number of pyridine rings is 1. The highest BCUT2D eigenvalue weighted by atomic mass is 16.5. The van der Waals surface area contributed by atoms with Crippen molar-refractivity contribution in [2.24, 2.45) is 0 Å². The van der Waals surface area contributed by atoms with Gasteiger partial charge in [0.25, 0.3) is 0 Å². The fourth-order valence-electron chi connectivity index (χ4n) is 4.21. The second-order valence-electron chi connectivity index (χ2n) is 8.39. The van der Waals surface area contributed by atoms with Gasteiger partial charge in [0.1, 0.15) is 0 Å². The molecule has 0 radical (unpaired) electrons. The number of hydrogen-bond acceptors (Lipinski definition) is 6. The summed E-state index contributed by atoms with van der Waals surface area (Å²) >= 11 is 0. The van der Waals surface area contributed by atoms with Crippen LogP contribution in [0.4, 0.5) is 11.4 Å². The molecule has 182 valence electrons. The zero-order chi connectivity index (χ0) is 24.5. The molecule has 1 aliphatic rings. The van der Waals surface area contributed by atoms with Gasteiger partial charge < -0.3 is 19.7 Å². The second-order valence-corrected chi connectivity index (χ2v) is 8.39. The normalized spacial score (nSPS) is 14.2. The molecule has 1 aliphatic heterocycles. The van der Waals surface area contributed by atoms with Gasteiger partial charge in [-0.1, -0.05) is 18.2 Å². The number of carbonyl (C=O) groups is 1. The molecule has 0 aliphatic carbocycles. The van der Waals surface area contributed by atoms with E-state index in [0.717, 1.165) is 56.1 Å². The van der Waals surface area contributed by atoms with Gasteiger partial charge >= 0.3 is 0 Å². The van der Waals surface area contributed by atoms with Crippen molar-refractivity contribution in [2.45, 2.75) is 6.42 Å². The maximum Gasteiger partial charge on any atom is 0.248 e. The van der Waals surface area contributed by atoms with E-state index in [-0.39, 0.29) is 5.91 Å². The summed E-state index contributed by atoms with van der Waals surface area (Å²) in [4.78, 5) is 21.6. The minimum absolute atomic E-state index is 0.178. The molecule has 1 saturated heterocycles. The standard InChI is InChI=1S/C28H32N4O3/c1-34-26-9-7-23(21-27(26)35-2)8-10-28(33)30-24-5-3-4-6-25(24)32-19-17-31(18-20-32)16-13-22-11-14-29-15-12-22/h3-12,14-15,21H,13,16-20H2,1-2H3,(H,30,33)/b10-8+. The van der Waals surface area contributed by atoms with Crippen LogP contribution >= 0.6 is 0 Å². The Kier molecular flexibility index (Phi) is 8.35. The van der Waals surface area contributed by atoms with E-state index < -0.39 is 0 Å². The summed E-state index contributed by atoms with van der Waals surface area (Å²) in [7, 11) is 3.19. The summed E-state index contributed by atoms with van der Waals surface area (Å²) < 4.78 is 10.6. The van der Waals surface area contributed by atoms with Crippen molar-refractivity contribution < 1.29 is 14.3 Å². The molecule has 2 aromatic carbocycles. The molecule has 1 fully saturated rings. The van der Waals surface area contributed by atoms with E-state index in [1.54, 1.807) is 20.3 Å². The minimum atomic E-state index is -0.178. The van der Waals surface area contributed by atoms with Gasteiger partial charge in [-0.15, -0.1) is 0 Å². The number of piperazine rings is 1. The molecular formula is C28H32N4O3. The molecule has 7 heteroatoms. The highest BCUT2D eigenvalue weighted by molar-refractivity contribution is 6.03. The lowest BCUT2D eigenvalue weighted by Gasteiger charge is -2.37. The maximum atomic E-state index is 12.7. The van der Waals surface area contributed by atoms with E-state index in [1.165, 1.54) is 11.6 Å². The van der Waals surface area contributed by atoms with Gasteiger partial charge in [0.05, 0.1) is 25.6 Å². The van der Waals surface area contributed by atoms with E-state index in [9.17, 15) is 4.79 Å². The molecule has 35 heavy (non-hydrogen) atoms. The Morgan fingerprint density at radius 3 is 2.46 bits per heavy atom. The average Bonchev–Trinajstić information content (AvgIpc) is 2.92. The molecule has 0 atom stereocenters. The number of nitrogens with one attached hydrogen (secondary N) is 1. The van der Waals surface area contributed by atoms with Crippen molar-refractivity contribution >= 4 is 23.4 Å². The lowest BCUT2D eigenvalue weighted by Crippen LogP contribution is -2.47. The van der Waals surface area contributed by atoms with Gasteiger partial charge in [0.2, 0.25) is 5.91 Å². The van der Waals surface area contributed by atoms with Crippen LogP contribution in [0.5, 0.6) is 11.5 Å². The Labute approximate surface area is 207 Å². The summed E-state index contributed by atoms with van der Waals surface area (Å²) in [5.41, 5.74) is 4.04. The summed E-state index contributed by atoms with van der Waals surface area (Å²) in [5.74, 6) is 1.10. The van der Waals surface area contributed by atoms with Crippen LogP contribution in [0.15, 0.2) is 73.1 Å². The van der Waals surface area contributed by atoms with Crippen LogP contribution in [0.2, 0.25) is 0 Å². The van der Waals surface area contributed by atoms with Crippen molar-refractivity contribution in [3.63, 3.8) is 0 Å². The van der Waals surface area contributed by atoms with Gasteiger partial charge in [0, 0.05) is 51.2 Å². The molecular weight excluding hydrogens is 440 g/mol. The van der Waals surface area contributed by atoms with Crippen molar-refractivity contribution in [3.05, 3.63) is 84.2 Å². The number of anilines is 2. The first-order valence-corrected chi connectivity index (χ1v) is 11.8. The molecule has 1 amide bonds. The number of ether oxygens (including phenoxy) is 2. The van der Waals surface area contributed by atoms with Crippen LogP contribution < -0.4 is 19.7 Å². The van der Waals surface area contributed by atoms with Crippen LogP contribution in [0.1, 0.15) is 11.1 Å². The molecule has 0 saturated carbocycles. The zero-order valence-electron chi connectivity index (χ0n) is 20.3. The Bertz CT molecular complexity index is 1140. The molecule has 0 unspecified atom stereocenters. The van der Waals surface area contributed by atoms with Crippen molar-refractivity contribution in [1.82, 2.24) is 9.88 Å². The summed E-state index contributed by atoms with van der Waals surface area (Å²) in [6.45, 7) is 4.87. The van der Waals surface area contributed by atoms with Crippen LogP contribution in [0, 0.1) is 0 Å². The van der Waals surface area contributed by atoms with Gasteiger partial charge in [-0.25, -0.2) is 0 Å². The number of amides is 1. The number of nitrogens with zero attached hydrogens (tertiary/aromatic N) is 3. The number of rotatable bonds is 9. The molecule has 3 aromatic rings. The van der Waals surface area contributed by atoms with Crippen LogP contribution in [0.3, 0.4) is 0 Å². The van der Waals surface area contributed by atoms with Crippen molar-refractivity contribution in [2.75, 3.05) is 57.2 Å². The third kappa shape index (κ3) is 6.61. The first kappa shape index (κ1) is 24.3. The van der Waals surface area contributed by atoms with E-state index in [2.05, 4.69) is 38.3 Å². The summed E-state index contributed by atoms with van der Waals surface area (Å²) in [6.07, 6.45) is 8.03. The van der Waals surface area contributed by atoms with Crippen LogP contribution in [0.25, 0.3) is 6.08 Å². The van der Waals surface area contributed by atoms with Crippen LogP contribution in [-0.4, -0.2) is 62.7 Å². The third-order valence-corrected chi connectivity index (χ3v) is 6.18.